The van der Waals surface area contributed by atoms with Gasteiger partial charge in [-0.1, -0.05) is 39.5 Å². The van der Waals surface area contributed by atoms with Crippen LogP contribution in [0, 0.1) is 5.92 Å². The van der Waals surface area contributed by atoms with E-state index in [9.17, 15) is 18.0 Å². The molecular formula is C23H35N3O4S. The molecule has 2 amide bonds. The lowest BCUT2D eigenvalue weighted by Gasteiger charge is -2.24. The van der Waals surface area contributed by atoms with Crippen molar-refractivity contribution in [3.05, 3.63) is 23.8 Å². The first-order valence-electron chi connectivity index (χ1n) is 11.4. The van der Waals surface area contributed by atoms with Gasteiger partial charge in [-0.05, 0) is 55.4 Å². The van der Waals surface area contributed by atoms with E-state index in [1.807, 2.05) is 13.8 Å². The smallest absolute Gasteiger partial charge is 0.241 e. The molecule has 8 heteroatoms. The van der Waals surface area contributed by atoms with Crippen LogP contribution in [0.2, 0.25) is 0 Å². The van der Waals surface area contributed by atoms with E-state index in [0.29, 0.717) is 19.4 Å². The molecule has 1 saturated carbocycles. The minimum Gasteiger partial charge on any atom is -0.352 e. The number of nitrogens with one attached hydrogen (secondary N) is 2. The zero-order valence-corrected chi connectivity index (χ0v) is 19.6. The van der Waals surface area contributed by atoms with Gasteiger partial charge in [-0.2, -0.15) is 4.72 Å². The second kappa shape index (κ2) is 10.1. The van der Waals surface area contributed by atoms with Crippen LogP contribution in [0.25, 0.3) is 0 Å². The van der Waals surface area contributed by atoms with Crippen LogP contribution < -0.4 is 14.9 Å². The van der Waals surface area contributed by atoms with E-state index >= 15 is 0 Å². The predicted octanol–water partition coefficient (Wildman–Crippen LogP) is 3.13. The summed E-state index contributed by atoms with van der Waals surface area (Å²) in [6.07, 6.45) is 7.52. The van der Waals surface area contributed by atoms with Crippen molar-refractivity contribution >= 4 is 27.5 Å². The van der Waals surface area contributed by atoms with Gasteiger partial charge in [0.2, 0.25) is 21.8 Å². The summed E-state index contributed by atoms with van der Waals surface area (Å²) in [7, 11) is -3.87. The average Bonchev–Trinajstić information content (AvgIpc) is 2.96. The number of nitrogens with zero attached hydrogens (tertiary/aromatic N) is 1. The molecule has 1 fully saturated rings. The Balaban J connectivity index is 1.75. The average molecular weight is 450 g/mol. The molecule has 31 heavy (non-hydrogen) atoms. The summed E-state index contributed by atoms with van der Waals surface area (Å²) >= 11 is 0. The Hall–Kier alpha value is -1.93. The predicted molar refractivity (Wildman–Crippen MR) is 121 cm³/mol. The number of benzene rings is 1. The van der Waals surface area contributed by atoms with E-state index in [2.05, 4.69) is 10.0 Å². The highest BCUT2D eigenvalue weighted by molar-refractivity contribution is 7.89. The number of rotatable bonds is 7. The molecule has 1 aromatic carbocycles. The molecule has 1 heterocycles. The molecule has 2 N–H and O–H groups in total. The Morgan fingerprint density at radius 2 is 1.81 bits per heavy atom. The molecule has 1 atom stereocenters. The molecule has 172 valence electrons. The minimum atomic E-state index is -3.87. The fraction of sp³-hybridized carbons (Fsp3) is 0.652. The largest absolute Gasteiger partial charge is 0.352 e. The fourth-order valence-electron chi connectivity index (χ4n) is 4.53. The van der Waals surface area contributed by atoms with Crippen LogP contribution in [0.3, 0.4) is 0 Å². The number of anilines is 1. The maximum absolute atomic E-state index is 13.1. The highest BCUT2D eigenvalue weighted by atomic mass is 32.2. The van der Waals surface area contributed by atoms with Crippen molar-refractivity contribution in [3.8, 4) is 0 Å². The first-order chi connectivity index (χ1) is 14.7. The van der Waals surface area contributed by atoms with Crippen molar-refractivity contribution in [2.24, 2.45) is 5.92 Å². The summed E-state index contributed by atoms with van der Waals surface area (Å²) in [5.74, 6) is -0.135. The maximum Gasteiger partial charge on any atom is 0.241 e. The Bertz CT molecular complexity index is 905. The number of fused-ring (bicyclic) bond motifs is 1. The molecular weight excluding hydrogens is 414 g/mol. The Morgan fingerprint density at radius 1 is 1.13 bits per heavy atom. The van der Waals surface area contributed by atoms with Gasteiger partial charge >= 0.3 is 0 Å². The van der Waals surface area contributed by atoms with Gasteiger partial charge in [0.25, 0.3) is 0 Å². The molecule has 0 radical (unpaired) electrons. The summed E-state index contributed by atoms with van der Waals surface area (Å²) < 4.78 is 28.9. The molecule has 1 aliphatic carbocycles. The zero-order valence-electron chi connectivity index (χ0n) is 18.8. The molecule has 1 aromatic rings. The molecule has 0 spiro atoms. The molecule has 0 bridgehead atoms. The van der Waals surface area contributed by atoms with Crippen LogP contribution >= 0.6 is 0 Å². The lowest BCUT2D eigenvalue weighted by molar-refractivity contribution is -0.124. The van der Waals surface area contributed by atoms with Crippen LogP contribution in [0.5, 0.6) is 0 Å². The second-order valence-corrected chi connectivity index (χ2v) is 10.9. The zero-order chi connectivity index (χ0) is 22.6. The lowest BCUT2D eigenvalue weighted by atomic mass is 10.0. The third kappa shape index (κ3) is 6.07. The van der Waals surface area contributed by atoms with E-state index < -0.39 is 16.1 Å². The van der Waals surface area contributed by atoms with Crippen LogP contribution in [0.4, 0.5) is 5.69 Å². The number of carbonyl (C=O) groups is 2. The van der Waals surface area contributed by atoms with Gasteiger partial charge in [-0.15, -0.1) is 0 Å². The lowest BCUT2D eigenvalue weighted by Crippen LogP contribution is -2.50. The van der Waals surface area contributed by atoms with Crippen molar-refractivity contribution in [2.75, 3.05) is 11.4 Å². The van der Waals surface area contributed by atoms with E-state index in [4.69, 9.17) is 0 Å². The van der Waals surface area contributed by atoms with Crippen LogP contribution in [0.1, 0.15) is 71.3 Å². The molecule has 7 nitrogen and oxygen atoms in total. The van der Waals surface area contributed by atoms with E-state index in [0.717, 1.165) is 36.9 Å². The monoisotopic (exact) mass is 449 g/mol. The number of amides is 2. The Labute approximate surface area is 186 Å². The molecule has 0 unspecified atom stereocenters. The minimum absolute atomic E-state index is 0.0559. The van der Waals surface area contributed by atoms with Crippen molar-refractivity contribution in [1.82, 2.24) is 10.0 Å². The van der Waals surface area contributed by atoms with Crippen molar-refractivity contribution in [3.63, 3.8) is 0 Å². The molecule has 3 rings (SSSR count). The van der Waals surface area contributed by atoms with E-state index in [1.54, 1.807) is 17.0 Å². The van der Waals surface area contributed by atoms with E-state index in [-0.39, 0.29) is 28.7 Å². The number of hydrogen-bond donors (Lipinski definition) is 2. The molecule has 2 aliphatic rings. The number of sulfonamides is 1. The quantitative estimate of drug-likeness (QED) is 0.625. The van der Waals surface area contributed by atoms with Gasteiger partial charge in [0, 0.05) is 25.2 Å². The van der Waals surface area contributed by atoms with Crippen molar-refractivity contribution in [1.29, 1.82) is 0 Å². The molecule has 0 aromatic heterocycles. The van der Waals surface area contributed by atoms with Crippen molar-refractivity contribution in [2.45, 2.75) is 89.1 Å². The van der Waals surface area contributed by atoms with Gasteiger partial charge in [0.15, 0.2) is 0 Å². The summed E-state index contributed by atoms with van der Waals surface area (Å²) in [6, 6.07) is 4.12. The standard InChI is InChI=1S/C23H35N3O4S/c1-16(2)14-21(23(28)24-19-8-6-4-5-7-9-19)25-31(29,30)20-10-11-22-18(15-20)12-13-26(22)17(3)27/h10-11,15-16,19,21,25H,4-9,12-14H2,1-3H3,(H,24,28)/t21-/m0/s1. The van der Waals surface area contributed by atoms with E-state index in [1.165, 1.54) is 25.8 Å². The Kier molecular flexibility index (Phi) is 7.75. The highest BCUT2D eigenvalue weighted by Crippen LogP contribution is 2.30. The summed E-state index contributed by atoms with van der Waals surface area (Å²) in [6.45, 7) is 6.02. The summed E-state index contributed by atoms with van der Waals surface area (Å²) in [5, 5.41) is 3.09. The van der Waals surface area contributed by atoms with Crippen LogP contribution in [0.15, 0.2) is 23.1 Å². The van der Waals surface area contributed by atoms with Crippen molar-refractivity contribution < 1.29 is 18.0 Å². The first-order valence-corrected chi connectivity index (χ1v) is 12.9. The first kappa shape index (κ1) is 23.7. The topological polar surface area (TPSA) is 95.6 Å². The van der Waals surface area contributed by atoms with Crippen LogP contribution in [-0.2, 0) is 26.0 Å². The third-order valence-electron chi connectivity index (χ3n) is 6.16. The number of hydrogen-bond acceptors (Lipinski definition) is 4. The van der Waals surface area contributed by atoms with Gasteiger partial charge in [-0.25, -0.2) is 8.42 Å². The summed E-state index contributed by atoms with van der Waals surface area (Å²) in [5.41, 5.74) is 1.60. The van der Waals surface area contributed by atoms with Gasteiger partial charge < -0.3 is 10.2 Å². The third-order valence-corrected chi connectivity index (χ3v) is 7.63. The normalized spacial score (nSPS) is 18.5. The molecule has 0 saturated heterocycles. The number of carbonyl (C=O) groups excluding carboxylic acids is 2. The Morgan fingerprint density at radius 3 is 2.42 bits per heavy atom. The second-order valence-electron chi connectivity index (χ2n) is 9.21. The van der Waals surface area contributed by atoms with Crippen LogP contribution in [-0.4, -0.2) is 38.9 Å². The van der Waals surface area contributed by atoms with Gasteiger partial charge in [0.1, 0.15) is 6.04 Å². The highest BCUT2D eigenvalue weighted by Gasteiger charge is 2.30. The maximum atomic E-state index is 13.1. The van der Waals surface area contributed by atoms with Gasteiger partial charge in [0.05, 0.1) is 4.90 Å². The summed E-state index contributed by atoms with van der Waals surface area (Å²) in [4.78, 5) is 26.5. The van der Waals surface area contributed by atoms with Gasteiger partial charge in [-0.3, -0.25) is 9.59 Å². The molecule has 1 aliphatic heterocycles. The fourth-order valence-corrected chi connectivity index (χ4v) is 5.79. The SMILES string of the molecule is CC(=O)N1CCc2cc(S(=O)(=O)N[C@@H](CC(C)C)C(=O)NC3CCCCCC3)ccc21.